The van der Waals surface area contributed by atoms with Crippen LogP contribution in [0.3, 0.4) is 0 Å². The fraction of sp³-hybridized carbons (Fsp3) is 0.167. The summed E-state index contributed by atoms with van der Waals surface area (Å²) < 4.78 is 43.8. The number of carbonyl (C=O) groups is 2. The van der Waals surface area contributed by atoms with E-state index in [1.807, 2.05) is 0 Å². The van der Waals surface area contributed by atoms with Crippen LogP contribution in [0.15, 0.2) is 35.1 Å². The van der Waals surface area contributed by atoms with Crippen molar-refractivity contribution < 1.29 is 27.3 Å². The highest BCUT2D eigenvalue weighted by molar-refractivity contribution is 6.02. The predicted octanol–water partition coefficient (Wildman–Crippen LogP) is 1.29. The Morgan fingerprint density at radius 3 is 2.53 bits per heavy atom. The van der Waals surface area contributed by atoms with Crippen LogP contribution in [0.4, 0.5) is 30.4 Å². The molecule has 0 saturated carbocycles. The maximum atomic E-state index is 13.0. The van der Waals surface area contributed by atoms with Crippen molar-refractivity contribution >= 4 is 29.0 Å². The van der Waals surface area contributed by atoms with Crippen LogP contribution < -0.4 is 27.8 Å². The minimum absolute atomic E-state index is 0.00900. The number of aromatic nitrogens is 3. The lowest BCUT2D eigenvalue weighted by molar-refractivity contribution is -0.136. The number of hydrogen-bond donors (Lipinski definition) is 5. The highest BCUT2D eigenvalue weighted by Crippen LogP contribution is 2.35. The number of alkyl halides is 3. The van der Waals surface area contributed by atoms with Crippen molar-refractivity contribution in [1.29, 1.82) is 0 Å². The van der Waals surface area contributed by atoms with Crippen LogP contribution in [0.1, 0.15) is 37.9 Å². The monoisotopic (exact) mass is 450 g/mol. The molecule has 0 aliphatic heterocycles. The summed E-state index contributed by atoms with van der Waals surface area (Å²) in [5, 5.41) is 8.42. The molecule has 2 aromatic heterocycles. The number of anilines is 3. The number of rotatable bonds is 6. The summed E-state index contributed by atoms with van der Waals surface area (Å²) >= 11 is 0. The van der Waals surface area contributed by atoms with Gasteiger partial charge in [0.2, 0.25) is 5.76 Å². The Labute approximate surface area is 178 Å². The molecule has 11 nitrogen and oxygen atoms in total. The summed E-state index contributed by atoms with van der Waals surface area (Å²) in [6, 6.07) is 4.15. The molecule has 8 N–H and O–H groups in total. The standard InChI is InChI=1S/C18H17F3N8O3/c19-18(20,21)11-3-8(1-2-12(11)23)28-16(30)13-4-9(29-32-13)6-25-17(31)14-10(5-22)15(24)27-7-26-14/h1-4,7H,5-6,22-23H2,(H,25,31)(H,28,30)(H2,24,26,27). The Morgan fingerprint density at radius 1 is 1.09 bits per heavy atom. The Balaban J connectivity index is 1.66. The number of nitrogen functional groups attached to an aromatic ring is 2. The molecule has 0 aliphatic rings. The van der Waals surface area contributed by atoms with Gasteiger partial charge in [0.25, 0.3) is 11.8 Å². The van der Waals surface area contributed by atoms with Gasteiger partial charge in [-0.05, 0) is 18.2 Å². The molecular formula is C18H17F3N8O3. The molecule has 3 rings (SSSR count). The van der Waals surface area contributed by atoms with E-state index in [-0.39, 0.29) is 47.3 Å². The molecule has 32 heavy (non-hydrogen) atoms. The molecule has 1 aromatic carbocycles. The zero-order valence-electron chi connectivity index (χ0n) is 16.2. The van der Waals surface area contributed by atoms with Gasteiger partial charge in [-0.1, -0.05) is 5.16 Å². The predicted molar refractivity (Wildman–Crippen MR) is 106 cm³/mol. The SMILES string of the molecule is NCc1c(N)ncnc1C(=O)NCc1cc(C(=O)Nc2ccc(N)c(C(F)(F)F)c2)on1. The topological polar surface area (TPSA) is 188 Å². The summed E-state index contributed by atoms with van der Waals surface area (Å²) in [6.45, 7) is -0.186. The van der Waals surface area contributed by atoms with Gasteiger partial charge in [-0.25, -0.2) is 9.97 Å². The van der Waals surface area contributed by atoms with E-state index >= 15 is 0 Å². The van der Waals surface area contributed by atoms with Gasteiger partial charge < -0.3 is 32.4 Å². The van der Waals surface area contributed by atoms with Gasteiger partial charge in [-0.15, -0.1) is 0 Å². The lowest BCUT2D eigenvalue weighted by Crippen LogP contribution is -2.26. The minimum atomic E-state index is -4.68. The Kier molecular flexibility index (Phi) is 6.25. The molecular weight excluding hydrogens is 433 g/mol. The molecule has 168 valence electrons. The first kappa shape index (κ1) is 22.5. The molecule has 0 fully saturated rings. The molecule has 14 heteroatoms. The summed E-state index contributed by atoms with van der Waals surface area (Å²) in [4.78, 5) is 32.2. The highest BCUT2D eigenvalue weighted by Gasteiger charge is 2.33. The average Bonchev–Trinajstić information content (AvgIpc) is 3.21. The second-order valence-electron chi connectivity index (χ2n) is 6.41. The highest BCUT2D eigenvalue weighted by atomic mass is 19.4. The Morgan fingerprint density at radius 2 is 1.84 bits per heavy atom. The van der Waals surface area contributed by atoms with Crippen LogP contribution in [0, 0.1) is 0 Å². The lowest BCUT2D eigenvalue weighted by Gasteiger charge is -2.11. The molecule has 0 aliphatic carbocycles. The number of nitrogens with two attached hydrogens (primary N) is 3. The van der Waals surface area contributed by atoms with Gasteiger partial charge >= 0.3 is 6.18 Å². The number of carbonyl (C=O) groups excluding carboxylic acids is 2. The van der Waals surface area contributed by atoms with E-state index in [9.17, 15) is 22.8 Å². The van der Waals surface area contributed by atoms with Gasteiger partial charge in [0.05, 0.1) is 12.1 Å². The van der Waals surface area contributed by atoms with Crippen molar-refractivity contribution in [2.45, 2.75) is 19.3 Å². The first-order valence-electron chi connectivity index (χ1n) is 8.91. The lowest BCUT2D eigenvalue weighted by atomic mass is 10.1. The van der Waals surface area contributed by atoms with E-state index in [0.717, 1.165) is 12.4 Å². The van der Waals surface area contributed by atoms with Crippen molar-refractivity contribution in [3.8, 4) is 0 Å². The van der Waals surface area contributed by atoms with Crippen LogP contribution in [-0.2, 0) is 19.3 Å². The van der Waals surface area contributed by atoms with E-state index < -0.39 is 29.2 Å². The number of nitrogens with zero attached hydrogens (tertiary/aromatic N) is 3. The van der Waals surface area contributed by atoms with Gasteiger partial charge in [-0.3, -0.25) is 9.59 Å². The van der Waals surface area contributed by atoms with Crippen LogP contribution in [0.25, 0.3) is 0 Å². The molecule has 0 bridgehead atoms. The summed E-state index contributed by atoms with van der Waals surface area (Å²) in [7, 11) is 0. The first-order valence-corrected chi connectivity index (χ1v) is 8.91. The Bertz CT molecular complexity index is 1160. The fourth-order valence-electron chi connectivity index (χ4n) is 2.65. The molecule has 0 atom stereocenters. The van der Waals surface area contributed by atoms with Gasteiger partial charge in [0, 0.05) is 29.5 Å². The van der Waals surface area contributed by atoms with E-state index in [1.165, 1.54) is 12.1 Å². The van der Waals surface area contributed by atoms with E-state index in [0.29, 0.717) is 6.07 Å². The van der Waals surface area contributed by atoms with Crippen LogP contribution in [0.2, 0.25) is 0 Å². The number of halogens is 3. The third-order valence-corrected chi connectivity index (χ3v) is 4.23. The second-order valence-corrected chi connectivity index (χ2v) is 6.41. The van der Waals surface area contributed by atoms with Crippen molar-refractivity contribution in [3.63, 3.8) is 0 Å². The van der Waals surface area contributed by atoms with Crippen LogP contribution in [0.5, 0.6) is 0 Å². The third-order valence-electron chi connectivity index (χ3n) is 4.23. The van der Waals surface area contributed by atoms with Crippen LogP contribution in [-0.4, -0.2) is 26.9 Å². The summed E-state index contributed by atoms with van der Waals surface area (Å²) in [5.41, 5.74) is 15.3. The molecule has 0 spiro atoms. The number of nitrogens with one attached hydrogen (secondary N) is 2. The largest absolute Gasteiger partial charge is 0.418 e. The van der Waals surface area contributed by atoms with Crippen molar-refractivity contribution in [3.05, 3.63) is 58.9 Å². The Hall–Kier alpha value is -4.20. The normalized spacial score (nSPS) is 11.2. The van der Waals surface area contributed by atoms with E-state index in [2.05, 4.69) is 25.8 Å². The first-order chi connectivity index (χ1) is 15.1. The molecule has 0 saturated heterocycles. The zero-order chi connectivity index (χ0) is 23.5. The zero-order valence-corrected chi connectivity index (χ0v) is 16.2. The number of hydrogen-bond acceptors (Lipinski definition) is 9. The van der Waals surface area contributed by atoms with Crippen molar-refractivity contribution in [2.24, 2.45) is 5.73 Å². The number of benzene rings is 1. The van der Waals surface area contributed by atoms with Gasteiger partial charge in [0.15, 0.2) is 0 Å². The molecule has 2 heterocycles. The molecule has 0 radical (unpaired) electrons. The quantitative estimate of drug-likeness (QED) is 0.345. The van der Waals surface area contributed by atoms with E-state index in [4.69, 9.17) is 21.7 Å². The maximum Gasteiger partial charge on any atom is 0.418 e. The third kappa shape index (κ3) is 4.92. The minimum Gasteiger partial charge on any atom is -0.398 e. The fourth-order valence-corrected chi connectivity index (χ4v) is 2.65. The van der Waals surface area contributed by atoms with E-state index in [1.54, 1.807) is 0 Å². The average molecular weight is 450 g/mol. The summed E-state index contributed by atoms with van der Waals surface area (Å²) in [6.07, 6.45) is -3.57. The smallest absolute Gasteiger partial charge is 0.398 e. The molecule has 0 unspecified atom stereocenters. The molecule has 2 amide bonds. The van der Waals surface area contributed by atoms with Gasteiger partial charge in [0.1, 0.15) is 23.5 Å². The van der Waals surface area contributed by atoms with Crippen molar-refractivity contribution in [2.75, 3.05) is 16.8 Å². The maximum absolute atomic E-state index is 13.0. The molecule has 3 aromatic rings. The van der Waals surface area contributed by atoms with Crippen LogP contribution >= 0.6 is 0 Å². The number of amides is 2. The summed E-state index contributed by atoms with van der Waals surface area (Å²) in [5.74, 6) is -1.66. The van der Waals surface area contributed by atoms with Crippen molar-refractivity contribution in [1.82, 2.24) is 20.4 Å². The van der Waals surface area contributed by atoms with Gasteiger partial charge in [-0.2, -0.15) is 13.2 Å². The second kappa shape index (κ2) is 8.89.